The predicted molar refractivity (Wildman–Crippen MR) is 103 cm³/mol. The summed E-state index contributed by atoms with van der Waals surface area (Å²) in [5, 5.41) is 9.67. The zero-order chi connectivity index (χ0) is 23.6. The number of hydrogen-bond acceptors (Lipinski definition) is 4. The van der Waals surface area contributed by atoms with Crippen molar-refractivity contribution in [1.29, 1.82) is 0 Å². The second-order valence-electron chi connectivity index (χ2n) is 7.13. The van der Waals surface area contributed by atoms with Crippen molar-refractivity contribution in [1.82, 2.24) is 4.57 Å². The van der Waals surface area contributed by atoms with Gasteiger partial charge in [-0.1, -0.05) is 17.7 Å². The molecule has 0 spiro atoms. The number of fused-ring (bicyclic) bond motifs is 3. The highest BCUT2D eigenvalue weighted by Crippen LogP contribution is 2.40. The topological polar surface area (TPSA) is 77.8 Å². The molecule has 0 saturated carbocycles. The van der Waals surface area contributed by atoms with E-state index < -0.39 is 62.3 Å². The Labute approximate surface area is 183 Å². The van der Waals surface area contributed by atoms with E-state index in [4.69, 9.17) is 16.3 Å². The van der Waals surface area contributed by atoms with Gasteiger partial charge in [-0.05, 0) is 29.7 Å². The number of nitrogens with zero attached hydrogens (tertiary/aromatic N) is 1. The van der Waals surface area contributed by atoms with Crippen LogP contribution in [0.2, 0.25) is 5.02 Å². The van der Waals surface area contributed by atoms with Crippen molar-refractivity contribution in [2.75, 3.05) is 13.2 Å². The summed E-state index contributed by atoms with van der Waals surface area (Å²) < 4.78 is 75.0. The van der Waals surface area contributed by atoms with Crippen LogP contribution in [0.3, 0.4) is 0 Å². The zero-order valence-electron chi connectivity index (χ0n) is 16.2. The molecule has 0 bridgehead atoms. The molecular formula is C20H17ClF5NO5. The smallest absolute Gasteiger partial charge is 0.395 e. The summed E-state index contributed by atoms with van der Waals surface area (Å²) in [7, 11) is 0. The fraction of sp³-hybridized carbons (Fsp3) is 0.400. The van der Waals surface area contributed by atoms with Crippen LogP contribution in [0.15, 0.2) is 35.3 Å². The lowest BCUT2D eigenvalue weighted by Gasteiger charge is -2.27. The van der Waals surface area contributed by atoms with Gasteiger partial charge in [0.25, 0.3) is 5.56 Å². The fourth-order valence-corrected chi connectivity index (χ4v) is 3.62. The molecule has 1 aliphatic rings. The molecular weight excluding hydrogens is 465 g/mol. The number of pyridine rings is 1. The molecule has 0 aliphatic carbocycles. The molecule has 0 amide bonds. The van der Waals surface area contributed by atoms with Gasteiger partial charge in [0.05, 0.1) is 18.7 Å². The number of ether oxygens (including phenoxy) is 2. The van der Waals surface area contributed by atoms with E-state index in [1.807, 2.05) is 0 Å². The highest BCUT2D eigenvalue weighted by Gasteiger charge is 2.41. The van der Waals surface area contributed by atoms with Crippen molar-refractivity contribution in [2.45, 2.75) is 31.7 Å². The van der Waals surface area contributed by atoms with Crippen LogP contribution in [-0.2, 0) is 16.0 Å². The van der Waals surface area contributed by atoms with E-state index in [0.717, 1.165) is 12.3 Å². The third-order valence-electron chi connectivity index (χ3n) is 5.03. The standard InChI is InChI=1S/C20H17ClF5NO5/c21-12-2-1-10-5-11(20(24,25)26)9-32-16-8-27(17(28)7-14(16)13(10)6-12)15(18(29)30)3-4-31-19(22)23/h1-2,6-8,11,15,19H,3-5,9H2,(H,29,30)/t11-,15?/m1/s1. The van der Waals surface area contributed by atoms with Crippen LogP contribution in [0.1, 0.15) is 18.0 Å². The van der Waals surface area contributed by atoms with Gasteiger partial charge in [0.15, 0.2) is 0 Å². The van der Waals surface area contributed by atoms with Gasteiger partial charge in [-0.15, -0.1) is 0 Å². The summed E-state index contributed by atoms with van der Waals surface area (Å²) in [6, 6.07) is 3.69. The zero-order valence-corrected chi connectivity index (χ0v) is 17.0. The predicted octanol–water partition coefficient (Wildman–Crippen LogP) is 4.54. The SMILES string of the molecule is O=C(O)C(CCOC(F)F)n1cc2c(cc1=O)-c1cc(Cl)ccc1C[C@@H](C(F)(F)F)CO2. The lowest BCUT2D eigenvalue weighted by molar-refractivity contribution is -0.181. The molecule has 6 nitrogen and oxygen atoms in total. The Bertz CT molecular complexity index is 1060. The van der Waals surface area contributed by atoms with Gasteiger partial charge in [-0.2, -0.15) is 22.0 Å². The van der Waals surface area contributed by atoms with Gasteiger partial charge in [0, 0.05) is 23.1 Å². The highest BCUT2D eigenvalue weighted by atomic mass is 35.5. The lowest BCUT2D eigenvalue weighted by atomic mass is 9.91. The minimum Gasteiger partial charge on any atom is -0.491 e. The summed E-state index contributed by atoms with van der Waals surface area (Å²) in [4.78, 5) is 24.3. The summed E-state index contributed by atoms with van der Waals surface area (Å²) >= 11 is 6.01. The van der Waals surface area contributed by atoms with Gasteiger partial charge in [-0.3, -0.25) is 9.36 Å². The Hall–Kier alpha value is -2.66. The lowest BCUT2D eigenvalue weighted by Crippen LogP contribution is -2.33. The molecule has 2 aromatic rings. The van der Waals surface area contributed by atoms with Gasteiger partial charge >= 0.3 is 18.8 Å². The summed E-state index contributed by atoms with van der Waals surface area (Å²) in [6.45, 7) is -4.54. The first-order valence-corrected chi connectivity index (χ1v) is 9.72. The molecule has 1 aromatic carbocycles. The quantitative estimate of drug-likeness (QED) is 0.613. The van der Waals surface area contributed by atoms with Crippen LogP contribution in [0.5, 0.6) is 5.75 Å². The average Bonchev–Trinajstić information content (AvgIpc) is 2.67. The van der Waals surface area contributed by atoms with Crippen LogP contribution < -0.4 is 10.3 Å². The largest absolute Gasteiger partial charge is 0.491 e. The van der Waals surface area contributed by atoms with Gasteiger partial charge in [0.1, 0.15) is 18.4 Å². The monoisotopic (exact) mass is 481 g/mol. The first-order chi connectivity index (χ1) is 15.0. The van der Waals surface area contributed by atoms with E-state index in [1.54, 1.807) is 0 Å². The highest BCUT2D eigenvalue weighted by molar-refractivity contribution is 6.30. The maximum Gasteiger partial charge on any atom is 0.395 e. The molecule has 1 aliphatic heterocycles. The average molecular weight is 482 g/mol. The number of aliphatic carboxylic acids is 1. The molecule has 2 atom stereocenters. The summed E-state index contributed by atoms with van der Waals surface area (Å²) in [5.41, 5.74) is -0.120. The first-order valence-electron chi connectivity index (χ1n) is 9.34. The van der Waals surface area contributed by atoms with Crippen LogP contribution >= 0.6 is 11.6 Å². The van der Waals surface area contributed by atoms with Crippen molar-refractivity contribution in [2.24, 2.45) is 5.92 Å². The van der Waals surface area contributed by atoms with Gasteiger partial charge in [-0.25, -0.2) is 4.79 Å². The maximum absolute atomic E-state index is 13.5. The number of benzene rings is 1. The molecule has 1 N–H and O–H groups in total. The molecule has 3 rings (SSSR count). The van der Waals surface area contributed by atoms with Crippen LogP contribution in [0.25, 0.3) is 11.1 Å². The van der Waals surface area contributed by atoms with Crippen molar-refractivity contribution in [3.05, 3.63) is 51.4 Å². The molecule has 12 heteroatoms. The second kappa shape index (κ2) is 9.45. The Morgan fingerprint density at radius 2 is 2.00 bits per heavy atom. The third-order valence-corrected chi connectivity index (χ3v) is 5.27. The molecule has 1 unspecified atom stereocenters. The van der Waals surface area contributed by atoms with E-state index in [-0.39, 0.29) is 21.9 Å². The number of rotatable bonds is 6. The van der Waals surface area contributed by atoms with Gasteiger partial charge < -0.3 is 14.6 Å². The van der Waals surface area contributed by atoms with Crippen molar-refractivity contribution in [3.63, 3.8) is 0 Å². The van der Waals surface area contributed by atoms with E-state index in [2.05, 4.69) is 4.74 Å². The molecule has 0 fully saturated rings. The number of carboxylic acids is 1. The summed E-state index contributed by atoms with van der Waals surface area (Å²) in [5.74, 6) is -3.53. The van der Waals surface area contributed by atoms with E-state index in [9.17, 15) is 36.6 Å². The Morgan fingerprint density at radius 3 is 2.62 bits per heavy atom. The fourth-order valence-electron chi connectivity index (χ4n) is 3.45. The molecule has 1 aromatic heterocycles. The normalized spacial score (nSPS) is 17.0. The van der Waals surface area contributed by atoms with Gasteiger partial charge in [0.2, 0.25) is 0 Å². The molecule has 0 saturated heterocycles. The van der Waals surface area contributed by atoms with Crippen molar-refractivity contribution >= 4 is 17.6 Å². The number of carboxylic acid groups (broad SMARTS) is 1. The van der Waals surface area contributed by atoms with E-state index in [0.29, 0.717) is 10.1 Å². The molecule has 0 radical (unpaired) electrons. The number of alkyl halides is 5. The number of halogens is 6. The maximum atomic E-state index is 13.5. The Kier molecular flexibility index (Phi) is 7.09. The molecule has 2 heterocycles. The summed E-state index contributed by atoms with van der Waals surface area (Å²) in [6.07, 6.45) is -4.48. The minimum atomic E-state index is -4.57. The minimum absolute atomic E-state index is 0.150. The van der Waals surface area contributed by atoms with Crippen LogP contribution in [0, 0.1) is 5.92 Å². The molecule has 32 heavy (non-hydrogen) atoms. The van der Waals surface area contributed by atoms with Crippen molar-refractivity contribution in [3.8, 4) is 16.9 Å². The van der Waals surface area contributed by atoms with E-state index in [1.165, 1.54) is 18.2 Å². The number of aromatic nitrogens is 1. The van der Waals surface area contributed by atoms with Crippen molar-refractivity contribution < 1.29 is 41.3 Å². The molecule has 174 valence electrons. The third kappa shape index (κ3) is 5.39. The second-order valence-corrected chi connectivity index (χ2v) is 7.56. The Balaban J connectivity index is 2.09. The van der Waals surface area contributed by atoms with E-state index >= 15 is 0 Å². The number of hydrogen-bond donors (Lipinski definition) is 1. The van der Waals surface area contributed by atoms with Crippen LogP contribution in [-0.4, -0.2) is 41.6 Å². The Morgan fingerprint density at radius 1 is 1.28 bits per heavy atom. The first kappa shape index (κ1) is 24.0. The number of carbonyl (C=O) groups is 1. The van der Waals surface area contributed by atoms with Crippen LogP contribution in [0.4, 0.5) is 22.0 Å².